The van der Waals surface area contributed by atoms with Crippen molar-refractivity contribution in [1.82, 2.24) is 4.90 Å². The van der Waals surface area contributed by atoms with Crippen LogP contribution in [0.1, 0.15) is 23.2 Å². The number of oxime groups is 1. The van der Waals surface area contributed by atoms with E-state index in [4.69, 9.17) is 10.9 Å². The van der Waals surface area contributed by atoms with Crippen LogP contribution < -0.4 is 10.6 Å². The third-order valence-corrected chi connectivity index (χ3v) is 3.85. The number of piperidine rings is 1. The van der Waals surface area contributed by atoms with Gasteiger partial charge < -0.3 is 20.7 Å². The van der Waals surface area contributed by atoms with Crippen molar-refractivity contribution in [3.8, 4) is 0 Å². The molecule has 1 saturated heterocycles. The molecule has 6 nitrogen and oxygen atoms in total. The lowest BCUT2D eigenvalue weighted by atomic mass is 9.96. The van der Waals surface area contributed by atoms with Crippen molar-refractivity contribution in [2.24, 2.45) is 16.8 Å². The van der Waals surface area contributed by atoms with Gasteiger partial charge >= 0.3 is 0 Å². The number of amidine groups is 1. The molecule has 114 valence electrons. The minimum Gasteiger partial charge on any atom is -0.409 e. The van der Waals surface area contributed by atoms with E-state index >= 15 is 0 Å². The Morgan fingerprint density at radius 1 is 1.48 bits per heavy atom. The van der Waals surface area contributed by atoms with Crippen LogP contribution in [0, 0.1) is 5.92 Å². The Labute approximate surface area is 124 Å². The Morgan fingerprint density at radius 2 is 2.24 bits per heavy atom. The van der Waals surface area contributed by atoms with E-state index in [1.807, 2.05) is 43.3 Å². The Kier molecular flexibility index (Phi) is 4.67. The van der Waals surface area contributed by atoms with Gasteiger partial charge in [0.15, 0.2) is 0 Å². The van der Waals surface area contributed by atoms with Crippen LogP contribution in [0.25, 0.3) is 0 Å². The minimum absolute atomic E-state index is 0.00543. The largest absolute Gasteiger partial charge is 0.409 e. The third-order valence-electron chi connectivity index (χ3n) is 3.85. The summed E-state index contributed by atoms with van der Waals surface area (Å²) in [5, 5.41) is 11.8. The zero-order chi connectivity index (χ0) is 15.4. The standard InChI is InChI=1S/C15H22N4O2/c1-18(2)13-7-3-5-11(9-13)15(20)19-8-4-6-12(10-19)14(16)17-21/h3,5,7,9,12,21H,4,6,8,10H2,1-2H3,(H2,16,17). The number of hydrogen-bond acceptors (Lipinski definition) is 4. The van der Waals surface area contributed by atoms with Gasteiger partial charge in [0.2, 0.25) is 0 Å². The van der Waals surface area contributed by atoms with E-state index < -0.39 is 0 Å². The quantitative estimate of drug-likeness (QED) is 0.381. The highest BCUT2D eigenvalue weighted by atomic mass is 16.4. The molecule has 0 spiro atoms. The number of rotatable bonds is 3. The molecule has 1 heterocycles. The zero-order valence-corrected chi connectivity index (χ0v) is 12.5. The van der Waals surface area contributed by atoms with Gasteiger partial charge in [0.1, 0.15) is 5.84 Å². The molecular weight excluding hydrogens is 268 g/mol. The van der Waals surface area contributed by atoms with Gasteiger partial charge in [-0.15, -0.1) is 0 Å². The molecule has 1 aromatic carbocycles. The number of amides is 1. The van der Waals surface area contributed by atoms with Gasteiger partial charge in [0.25, 0.3) is 5.91 Å². The van der Waals surface area contributed by atoms with Crippen molar-refractivity contribution in [3.05, 3.63) is 29.8 Å². The summed E-state index contributed by atoms with van der Waals surface area (Å²) in [6.07, 6.45) is 1.71. The first kappa shape index (κ1) is 15.2. The van der Waals surface area contributed by atoms with Gasteiger partial charge in [-0.05, 0) is 31.0 Å². The van der Waals surface area contributed by atoms with Crippen molar-refractivity contribution in [3.63, 3.8) is 0 Å². The molecule has 6 heteroatoms. The fourth-order valence-corrected chi connectivity index (χ4v) is 2.58. The Hall–Kier alpha value is -2.24. The summed E-state index contributed by atoms with van der Waals surface area (Å²) in [5.41, 5.74) is 7.33. The predicted molar refractivity (Wildman–Crippen MR) is 82.8 cm³/mol. The van der Waals surface area contributed by atoms with Crippen molar-refractivity contribution in [2.45, 2.75) is 12.8 Å². The van der Waals surface area contributed by atoms with Gasteiger partial charge in [0.05, 0.1) is 0 Å². The lowest BCUT2D eigenvalue weighted by molar-refractivity contribution is 0.0701. The van der Waals surface area contributed by atoms with Crippen molar-refractivity contribution < 1.29 is 10.0 Å². The second-order valence-electron chi connectivity index (χ2n) is 5.56. The maximum atomic E-state index is 12.6. The lowest BCUT2D eigenvalue weighted by Crippen LogP contribution is -2.44. The average Bonchev–Trinajstić information content (AvgIpc) is 2.53. The first-order chi connectivity index (χ1) is 10.0. The number of likely N-dealkylation sites (tertiary alicyclic amines) is 1. The highest BCUT2D eigenvalue weighted by molar-refractivity contribution is 5.95. The van der Waals surface area contributed by atoms with Crippen LogP contribution in [0.15, 0.2) is 29.4 Å². The molecule has 0 bridgehead atoms. The van der Waals surface area contributed by atoms with Crippen LogP contribution in [0.3, 0.4) is 0 Å². The number of hydrogen-bond donors (Lipinski definition) is 2. The zero-order valence-electron chi connectivity index (χ0n) is 12.5. The van der Waals surface area contributed by atoms with Gasteiger partial charge in [-0.3, -0.25) is 4.79 Å². The number of anilines is 1. The SMILES string of the molecule is CN(C)c1cccc(C(=O)N2CCCC(C(N)=NO)C2)c1. The van der Waals surface area contributed by atoms with E-state index in [9.17, 15) is 4.79 Å². The Morgan fingerprint density at radius 3 is 2.90 bits per heavy atom. The minimum atomic E-state index is -0.0651. The third kappa shape index (κ3) is 3.45. The smallest absolute Gasteiger partial charge is 0.253 e. The molecule has 2 rings (SSSR count). The number of nitrogens with zero attached hydrogens (tertiary/aromatic N) is 3. The highest BCUT2D eigenvalue weighted by Crippen LogP contribution is 2.20. The molecule has 1 atom stereocenters. The number of nitrogens with two attached hydrogens (primary N) is 1. The van der Waals surface area contributed by atoms with Crippen LogP contribution in [0.5, 0.6) is 0 Å². The summed E-state index contributed by atoms with van der Waals surface area (Å²) in [5.74, 6) is 0.133. The van der Waals surface area contributed by atoms with Crippen molar-refractivity contribution >= 4 is 17.4 Å². The molecule has 0 aromatic heterocycles. The molecular formula is C15H22N4O2. The van der Waals surface area contributed by atoms with Crippen molar-refractivity contribution in [1.29, 1.82) is 0 Å². The molecule has 21 heavy (non-hydrogen) atoms. The van der Waals surface area contributed by atoms with Crippen molar-refractivity contribution in [2.75, 3.05) is 32.1 Å². The fourth-order valence-electron chi connectivity index (χ4n) is 2.58. The second-order valence-corrected chi connectivity index (χ2v) is 5.56. The van der Waals surface area contributed by atoms with Crippen LogP contribution in [-0.4, -0.2) is 49.0 Å². The topological polar surface area (TPSA) is 82.2 Å². The number of carbonyl (C=O) groups is 1. The first-order valence-corrected chi connectivity index (χ1v) is 7.07. The summed E-state index contributed by atoms with van der Waals surface area (Å²) in [4.78, 5) is 16.3. The van der Waals surface area contributed by atoms with Crippen LogP contribution >= 0.6 is 0 Å². The molecule has 1 aliphatic rings. The summed E-state index contributed by atoms with van der Waals surface area (Å²) >= 11 is 0. The van der Waals surface area contributed by atoms with E-state index in [-0.39, 0.29) is 17.7 Å². The summed E-state index contributed by atoms with van der Waals surface area (Å²) in [6.45, 7) is 1.21. The van der Waals surface area contributed by atoms with Crippen LogP contribution in [0.4, 0.5) is 5.69 Å². The normalized spacial score (nSPS) is 19.4. The molecule has 1 fully saturated rings. The van der Waals surface area contributed by atoms with Gasteiger partial charge in [-0.2, -0.15) is 0 Å². The molecule has 0 radical (unpaired) electrons. The van der Waals surface area contributed by atoms with E-state index in [1.54, 1.807) is 4.90 Å². The molecule has 3 N–H and O–H groups in total. The molecule has 1 aliphatic heterocycles. The summed E-state index contributed by atoms with van der Waals surface area (Å²) in [6, 6.07) is 7.55. The van der Waals surface area contributed by atoms with E-state index in [2.05, 4.69) is 5.16 Å². The molecule has 0 aliphatic carbocycles. The fraction of sp³-hybridized carbons (Fsp3) is 0.467. The van der Waals surface area contributed by atoms with Gasteiger partial charge in [0, 0.05) is 44.4 Å². The van der Waals surface area contributed by atoms with Crippen LogP contribution in [0.2, 0.25) is 0 Å². The highest BCUT2D eigenvalue weighted by Gasteiger charge is 2.27. The molecule has 0 saturated carbocycles. The molecule has 1 aromatic rings. The van der Waals surface area contributed by atoms with E-state index in [0.717, 1.165) is 18.5 Å². The van der Waals surface area contributed by atoms with Crippen LogP contribution in [-0.2, 0) is 0 Å². The lowest BCUT2D eigenvalue weighted by Gasteiger charge is -2.32. The van der Waals surface area contributed by atoms with Gasteiger partial charge in [-0.1, -0.05) is 11.2 Å². The number of carbonyl (C=O) groups excluding carboxylic acids is 1. The number of benzene rings is 1. The average molecular weight is 290 g/mol. The first-order valence-electron chi connectivity index (χ1n) is 7.07. The maximum absolute atomic E-state index is 12.6. The van der Waals surface area contributed by atoms with E-state index in [0.29, 0.717) is 18.7 Å². The predicted octanol–water partition coefficient (Wildman–Crippen LogP) is 1.35. The Balaban J connectivity index is 2.14. The van der Waals surface area contributed by atoms with E-state index in [1.165, 1.54) is 0 Å². The Bertz CT molecular complexity index is 542. The summed E-state index contributed by atoms with van der Waals surface area (Å²) in [7, 11) is 3.89. The monoisotopic (exact) mass is 290 g/mol. The molecule has 1 amide bonds. The van der Waals surface area contributed by atoms with Gasteiger partial charge in [-0.25, -0.2) is 0 Å². The summed E-state index contributed by atoms with van der Waals surface area (Å²) < 4.78 is 0. The molecule has 1 unspecified atom stereocenters. The maximum Gasteiger partial charge on any atom is 0.253 e. The second kappa shape index (κ2) is 6.47.